The smallest absolute Gasteiger partial charge is 0.321 e. The molecule has 2 aromatic rings. The summed E-state index contributed by atoms with van der Waals surface area (Å²) in [6.45, 7) is 4.27. The van der Waals surface area contributed by atoms with E-state index in [0.717, 1.165) is 11.1 Å². The van der Waals surface area contributed by atoms with Crippen molar-refractivity contribution in [2.45, 2.75) is 25.9 Å². The molecule has 5 nitrogen and oxygen atoms in total. The molecular formula is C19H23ClN3O2+. The van der Waals surface area contributed by atoms with Crippen LogP contribution < -0.4 is 16.0 Å². The minimum absolute atomic E-state index is 0.0162. The summed E-state index contributed by atoms with van der Waals surface area (Å²) in [6.07, 6.45) is 0. The molecule has 0 heterocycles. The van der Waals surface area contributed by atoms with Crippen molar-refractivity contribution in [3.05, 3.63) is 70.7 Å². The minimum atomic E-state index is -0.533. The van der Waals surface area contributed by atoms with E-state index in [-0.39, 0.29) is 11.9 Å². The number of urea groups is 1. The lowest BCUT2D eigenvalue weighted by atomic mass is 10.0. The first-order chi connectivity index (χ1) is 12.0. The maximum atomic E-state index is 12.6. The summed E-state index contributed by atoms with van der Waals surface area (Å²) in [5, 5.41) is 7.59. The Morgan fingerprint density at radius 2 is 1.68 bits per heavy atom. The van der Waals surface area contributed by atoms with Gasteiger partial charge in [0.15, 0.2) is 6.04 Å². The third-order valence-corrected chi connectivity index (χ3v) is 4.14. The molecule has 0 saturated heterocycles. The van der Waals surface area contributed by atoms with Crippen LogP contribution in [0.4, 0.5) is 4.79 Å². The van der Waals surface area contributed by atoms with E-state index in [0.29, 0.717) is 11.6 Å². The molecule has 0 aliphatic carbocycles. The second kappa shape index (κ2) is 9.20. The molecule has 0 aliphatic rings. The van der Waals surface area contributed by atoms with Crippen LogP contribution in [0.15, 0.2) is 54.6 Å². The minimum Gasteiger partial charge on any atom is -0.338 e. The third-order valence-electron chi connectivity index (χ3n) is 3.89. The molecule has 132 valence electrons. The van der Waals surface area contributed by atoms with Gasteiger partial charge in [-0.1, -0.05) is 54.1 Å². The standard InChI is InChI=1S/C19H22ClN3O2/c1-3-21-19(25)23-18(24)17(15-7-5-4-6-8-15)22-13(2)14-9-11-16(20)12-10-14/h4-13,17,22H,3H2,1-2H3,(H2,21,23,24,25)/p+1/t13-,17-/m0/s1. The number of quaternary nitrogens is 1. The van der Waals surface area contributed by atoms with Gasteiger partial charge in [0.1, 0.15) is 6.04 Å². The molecule has 2 aromatic carbocycles. The molecule has 25 heavy (non-hydrogen) atoms. The highest BCUT2D eigenvalue weighted by Crippen LogP contribution is 2.16. The number of carbonyl (C=O) groups excluding carboxylic acids is 2. The van der Waals surface area contributed by atoms with Crippen LogP contribution in [0.5, 0.6) is 0 Å². The lowest BCUT2D eigenvalue weighted by molar-refractivity contribution is -0.719. The molecule has 0 aromatic heterocycles. The van der Waals surface area contributed by atoms with E-state index in [1.807, 2.05) is 66.8 Å². The zero-order chi connectivity index (χ0) is 18.2. The summed E-state index contributed by atoms with van der Waals surface area (Å²) in [5.41, 5.74) is 1.89. The van der Waals surface area contributed by atoms with Crippen molar-refractivity contribution in [1.82, 2.24) is 10.6 Å². The largest absolute Gasteiger partial charge is 0.338 e. The quantitative estimate of drug-likeness (QED) is 0.740. The number of hydrogen-bond donors (Lipinski definition) is 3. The van der Waals surface area contributed by atoms with Crippen LogP contribution >= 0.6 is 11.6 Å². The molecule has 0 bridgehead atoms. The monoisotopic (exact) mass is 360 g/mol. The number of imide groups is 1. The van der Waals surface area contributed by atoms with Crippen molar-refractivity contribution >= 4 is 23.5 Å². The fourth-order valence-corrected chi connectivity index (χ4v) is 2.70. The van der Waals surface area contributed by atoms with Gasteiger partial charge < -0.3 is 10.6 Å². The number of benzene rings is 2. The van der Waals surface area contributed by atoms with Gasteiger partial charge in [-0.05, 0) is 26.0 Å². The van der Waals surface area contributed by atoms with E-state index < -0.39 is 12.1 Å². The number of nitrogens with one attached hydrogen (secondary N) is 2. The van der Waals surface area contributed by atoms with Gasteiger partial charge in [-0.25, -0.2) is 4.79 Å². The first-order valence-electron chi connectivity index (χ1n) is 8.25. The molecule has 3 amide bonds. The van der Waals surface area contributed by atoms with Crippen molar-refractivity contribution in [3.63, 3.8) is 0 Å². The van der Waals surface area contributed by atoms with Gasteiger partial charge in [-0.3, -0.25) is 10.1 Å². The summed E-state index contributed by atoms with van der Waals surface area (Å²) in [5.74, 6) is -0.349. The Morgan fingerprint density at radius 1 is 1.04 bits per heavy atom. The van der Waals surface area contributed by atoms with E-state index >= 15 is 0 Å². The summed E-state index contributed by atoms with van der Waals surface area (Å²) >= 11 is 5.94. The van der Waals surface area contributed by atoms with Crippen LogP contribution in [-0.4, -0.2) is 18.5 Å². The van der Waals surface area contributed by atoms with E-state index in [4.69, 9.17) is 11.6 Å². The van der Waals surface area contributed by atoms with Crippen molar-refractivity contribution < 1.29 is 14.9 Å². The SMILES string of the molecule is CCNC(=O)NC(=O)[C@@H]([NH2+][C@@H](C)c1ccc(Cl)cc1)c1ccccc1. The maximum Gasteiger partial charge on any atom is 0.321 e. The Bertz CT molecular complexity index is 704. The van der Waals surface area contributed by atoms with E-state index in [9.17, 15) is 9.59 Å². The lowest BCUT2D eigenvalue weighted by Gasteiger charge is -2.20. The predicted octanol–water partition coefficient (Wildman–Crippen LogP) is 2.55. The van der Waals surface area contributed by atoms with Crippen LogP contribution in [-0.2, 0) is 4.79 Å². The Labute approximate surface area is 152 Å². The van der Waals surface area contributed by atoms with Crippen LogP contribution in [0, 0.1) is 0 Å². The Hall–Kier alpha value is -2.37. The molecule has 0 saturated carbocycles. The summed E-state index contributed by atoms with van der Waals surface area (Å²) in [7, 11) is 0. The first-order valence-corrected chi connectivity index (χ1v) is 8.63. The average Bonchev–Trinajstić information content (AvgIpc) is 2.61. The summed E-state index contributed by atoms with van der Waals surface area (Å²) in [4.78, 5) is 24.3. The molecular weight excluding hydrogens is 338 g/mol. The zero-order valence-electron chi connectivity index (χ0n) is 14.3. The highest BCUT2D eigenvalue weighted by atomic mass is 35.5. The van der Waals surface area contributed by atoms with Gasteiger partial charge in [0, 0.05) is 22.7 Å². The molecule has 0 spiro atoms. The van der Waals surface area contributed by atoms with Crippen molar-refractivity contribution in [2.75, 3.05) is 6.54 Å². The van der Waals surface area contributed by atoms with E-state index in [1.165, 1.54) is 0 Å². The van der Waals surface area contributed by atoms with Crippen LogP contribution in [0.1, 0.15) is 37.1 Å². The Balaban J connectivity index is 2.18. The average molecular weight is 361 g/mol. The highest BCUT2D eigenvalue weighted by molar-refractivity contribution is 6.30. The normalized spacial score (nSPS) is 12.9. The number of halogens is 1. The lowest BCUT2D eigenvalue weighted by Crippen LogP contribution is -2.88. The van der Waals surface area contributed by atoms with Gasteiger partial charge >= 0.3 is 6.03 Å². The first kappa shape index (κ1) is 19.0. The van der Waals surface area contributed by atoms with E-state index in [2.05, 4.69) is 10.6 Å². The molecule has 2 rings (SSSR count). The molecule has 4 N–H and O–H groups in total. The van der Waals surface area contributed by atoms with E-state index in [1.54, 1.807) is 6.92 Å². The fourth-order valence-electron chi connectivity index (χ4n) is 2.57. The van der Waals surface area contributed by atoms with Gasteiger partial charge in [0.25, 0.3) is 5.91 Å². The Kier molecular flexibility index (Phi) is 6.98. The number of amides is 3. The van der Waals surface area contributed by atoms with Crippen LogP contribution in [0.2, 0.25) is 5.02 Å². The molecule has 6 heteroatoms. The van der Waals surface area contributed by atoms with Crippen molar-refractivity contribution in [2.24, 2.45) is 0 Å². The summed E-state index contributed by atoms with van der Waals surface area (Å²) in [6, 6.07) is 15.9. The summed E-state index contributed by atoms with van der Waals surface area (Å²) < 4.78 is 0. The van der Waals surface area contributed by atoms with Gasteiger partial charge in [-0.15, -0.1) is 0 Å². The van der Waals surface area contributed by atoms with Crippen molar-refractivity contribution in [1.29, 1.82) is 0 Å². The highest BCUT2D eigenvalue weighted by Gasteiger charge is 2.28. The maximum absolute atomic E-state index is 12.6. The van der Waals surface area contributed by atoms with Crippen molar-refractivity contribution in [3.8, 4) is 0 Å². The number of rotatable bonds is 6. The second-order valence-corrected chi connectivity index (χ2v) is 6.21. The topological polar surface area (TPSA) is 74.8 Å². The molecule has 0 radical (unpaired) electrons. The molecule has 2 atom stereocenters. The molecule has 0 aliphatic heterocycles. The number of nitrogens with two attached hydrogens (primary N) is 1. The third kappa shape index (κ3) is 5.59. The van der Waals surface area contributed by atoms with Crippen LogP contribution in [0.3, 0.4) is 0 Å². The predicted molar refractivity (Wildman–Crippen MR) is 98.2 cm³/mol. The van der Waals surface area contributed by atoms with Crippen LogP contribution in [0.25, 0.3) is 0 Å². The van der Waals surface area contributed by atoms with Gasteiger partial charge in [0.2, 0.25) is 0 Å². The number of carbonyl (C=O) groups is 2. The number of hydrogen-bond acceptors (Lipinski definition) is 2. The zero-order valence-corrected chi connectivity index (χ0v) is 15.1. The Morgan fingerprint density at radius 3 is 2.28 bits per heavy atom. The molecule has 0 fully saturated rings. The molecule has 0 unspecified atom stereocenters. The fraction of sp³-hybridized carbons (Fsp3) is 0.263. The van der Waals surface area contributed by atoms with Gasteiger partial charge in [-0.2, -0.15) is 0 Å². The second-order valence-electron chi connectivity index (χ2n) is 5.77. The van der Waals surface area contributed by atoms with Gasteiger partial charge in [0.05, 0.1) is 0 Å².